The Balaban J connectivity index is 1.63. The number of benzene rings is 1. The Morgan fingerprint density at radius 2 is 1.74 bits per heavy atom. The molecule has 0 bridgehead atoms. The number of nitrogens with one attached hydrogen (secondary N) is 1. The second-order valence-electron chi connectivity index (χ2n) is 6.61. The van der Waals surface area contributed by atoms with E-state index in [0.717, 1.165) is 54.5 Å². The summed E-state index contributed by atoms with van der Waals surface area (Å²) in [6, 6.07) is 7.74. The second kappa shape index (κ2) is 7.68. The molecule has 5 heteroatoms. The van der Waals surface area contributed by atoms with Crippen molar-refractivity contribution in [2.45, 2.75) is 0 Å². The van der Waals surface area contributed by atoms with Gasteiger partial charge in [-0.1, -0.05) is 24.3 Å². The van der Waals surface area contributed by atoms with Gasteiger partial charge < -0.3 is 15.0 Å². The van der Waals surface area contributed by atoms with Crippen LogP contribution in [0.15, 0.2) is 78.3 Å². The minimum Gasteiger partial charge on any atom is -0.497 e. The van der Waals surface area contributed by atoms with Gasteiger partial charge in [-0.15, -0.1) is 0 Å². The molecule has 3 aliphatic heterocycles. The first kappa shape index (κ1) is 17.4. The molecule has 0 aromatic heterocycles. The van der Waals surface area contributed by atoms with Crippen molar-refractivity contribution in [2.24, 2.45) is 0 Å². The maximum absolute atomic E-state index is 13.0. The topological polar surface area (TPSA) is 44.8 Å². The fraction of sp³-hybridized carbons (Fsp3) is 0.227. The Kier molecular flexibility index (Phi) is 4.94. The van der Waals surface area contributed by atoms with Gasteiger partial charge in [0.05, 0.1) is 12.8 Å². The number of nitrogens with zero attached hydrogens (tertiary/aromatic N) is 2. The minimum absolute atomic E-state index is 0.0478. The van der Waals surface area contributed by atoms with Crippen LogP contribution in [0.3, 0.4) is 0 Å². The van der Waals surface area contributed by atoms with Gasteiger partial charge in [0.1, 0.15) is 5.75 Å². The van der Waals surface area contributed by atoms with Crippen LogP contribution in [0.4, 0.5) is 0 Å². The monoisotopic (exact) mass is 361 g/mol. The molecule has 1 aromatic rings. The van der Waals surface area contributed by atoms with Crippen molar-refractivity contribution >= 4 is 11.5 Å². The van der Waals surface area contributed by atoms with Crippen LogP contribution < -0.4 is 10.1 Å². The van der Waals surface area contributed by atoms with Crippen LogP contribution in [0.2, 0.25) is 0 Å². The average molecular weight is 361 g/mol. The Labute approximate surface area is 159 Å². The summed E-state index contributed by atoms with van der Waals surface area (Å²) in [5.41, 5.74) is 3.81. The molecule has 0 radical (unpaired) electrons. The van der Waals surface area contributed by atoms with Crippen molar-refractivity contribution in [1.82, 2.24) is 15.1 Å². The van der Waals surface area contributed by atoms with Crippen LogP contribution in [0.1, 0.15) is 5.56 Å². The molecule has 27 heavy (non-hydrogen) atoms. The molecule has 0 aliphatic carbocycles. The molecule has 0 unspecified atom stereocenters. The predicted molar refractivity (Wildman–Crippen MR) is 107 cm³/mol. The van der Waals surface area contributed by atoms with Crippen molar-refractivity contribution < 1.29 is 9.53 Å². The molecule has 1 aromatic carbocycles. The van der Waals surface area contributed by atoms with Gasteiger partial charge in [-0.3, -0.25) is 9.69 Å². The van der Waals surface area contributed by atoms with Gasteiger partial charge in [-0.25, -0.2) is 0 Å². The molecule has 4 rings (SSSR count). The SMILES string of the molecule is COc1ccc(C2=CC(=O)N3C=C(N4CCNCC4)C=C/C3=C\C=C2)cc1. The maximum Gasteiger partial charge on any atom is 0.255 e. The third kappa shape index (κ3) is 3.73. The summed E-state index contributed by atoms with van der Waals surface area (Å²) >= 11 is 0. The number of carbonyl (C=O) groups excluding carboxylic acids is 1. The summed E-state index contributed by atoms with van der Waals surface area (Å²) in [5, 5.41) is 3.36. The summed E-state index contributed by atoms with van der Waals surface area (Å²) in [6.07, 6.45) is 13.6. The number of piperazine rings is 1. The highest BCUT2D eigenvalue weighted by Gasteiger charge is 2.21. The molecule has 0 saturated carbocycles. The van der Waals surface area contributed by atoms with Gasteiger partial charge >= 0.3 is 0 Å². The molecule has 1 saturated heterocycles. The largest absolute Gasteiger partial charge is 0.497 e. The van der Waals surface area contributed by atoms with Crippen molar-refractivity contribution in [1.29, 1.82) is 0 Å². The Hall–Kier alpha value is -3.05. The molecule has 0 atom stereocenters. The van der Waals surface area contributed by atoms with Gasteiger partial charge in [0.15, 0.2) is 0 Å². The highest BCUT2D eigenvalue weighted by Crippen LogP contribution is 2.26. The number of amides is 1. The lowest BCUT2D eigenvalue weighted by atomic mass is 10.0. The van der Waals surface area contributed by atoms with Crippen LogP contribution in [-0.4, -0.2) is 49.0 Å². The standard InChI is InChI=1S/C22H23N3O2/c1-27-21-9-5-17(6-10-21)18-3-2-4-19-7-8-20(16-25(19)22(26)15-18)24-13-11-23-12-14-24/h2-10,15-16,23H,11-14H2,1H3/b3-2?,18-15?,19-4+. The lowest BCUT2D eigenvalue weighted by Crippen LogP contribution is -2.43. The zero-order valence-electron chi connectivity index (χ0n) is 15.4. The number of methoxy groups -OCH3 is 1. The zero-order chi connectivity index (χ0) is 18.6. The number of allylic oxidation sites excluding steroid dienone is 6. The predicted octanol–water partition coefficient (Wildman–Crippen LogP) is 2.68. The summed E-state index contributed by atoms with van der Waals surface area (Å²) in [7, 11) is 1.64. The van der Waals surface area contributed by atoms with Gasteiger partial charge in [-0.2, -0.15) is 0 Å². The number of carbonyl (C=O) groups is 1. The molecule has 5 nitrogen and oxygen atoms in total. The van der Waals surface area contributed by atoms with E-state index in [1.807, 2.05) is 54.8 Å². The van der Waals surface area contributed by atoms with Crippen molar-refractivity contribution in [2.75, 3.05) is 33.3 Å². The van der Waals surface area contributed by atoms with Gasteiger partial charge in [0.25, 0.3) is 5.91 Å². The number of hydrogen-bond acceptors (Lipinski definition) is 4. The number of hydrogen-bond donors (Lipinski definition) is 1. The minimum atomic E-state index is -0.0478. The first-order valence-electron chi connectivity index (χ1n) is 9.18. The first-order valence-corrected chi connectivity index (χ1v) is 9.18. The van der Waals surface area contributed by atoms with E-state index in [1.54, 1.807) is 18.1 Å². The van der Waals surface area contributed by atoms with Gasteiger partial charge in [0.2, 0.25) is 0 Å². The number of rotatable bonds is 3. The second-order valence-corrected chi connectivity index (χ2v) is 6.61. The van der Waals surface area contributed by atoms with Crippen molar-refractivity contribution in [3.05, 3.63) is 83.9 Å². The van der Waals surface area contributed by atoms with E-state index < -0.39 is 0 Å². The number of ether oxygens (including phenoxy) is 1. The van der Waals surface area contributed by atoms with Crippen LogP contribution in [0.25, 0.3) is 5.57 Å². The normalized spacial score (nSPS) is 21.5. The number of fused-ring (bicyclic) bond motifs is 1. The van der Waals surface area contributed by atoms with Crippen LogP contribution in [-0.2, 0) is 4.79 Å². The van der Waals surface area contributed by atoms with E-state index in [2.05, 4.69) is 16.3 Å². The summed E-state index contributed by atoms with van der Waals surface area (Å²) in [4.78, 5) is 17.0. The molecule has 1 amide bonds. The van der Waals surface area contributed by atoms with Crippen molar-refractivity contribution in [3.63, 3.8) is 0 Å². The Morgan fingerprint density at radius 1 is 1.00 bits per heavy atom. The van der Waals surface area contributed by atoms with Crippen LogP contribution >= 0.6 is 0 Å². The third-order valence-electron chi connectivity index (χ3n) is 4.93. The van der Waals surface area contributed by atoms with E-state index in [4.69, 9.17) is 4.74 Å². The molecule has 1 N–H and O–H groups in total. The molecule has 1 fully saturated rings. The molecular formula is C22H23N3O2. The van der Waals surface area contributed by atoms with Gasteiger partial charge in [-0.05, 0) is 41.5 Å². The molecule has 3 aliphatic rings. The van der Waals surface area contributed by atoms with E-state index >= 15 is 0 Å². The fourth-order valence-corrected chi connectivity index (χ4v) is 3.40. The van der Waals surface area contributed by atoms with E-state index in [1.165, 1.54) is 0 Å². The summed E-state index contributed by atoms with van der Waals surface area (Å²) in [5.74, 6) is 0.751. The molecule has 3 heterocycles. The lowest BCUT2D eigenvalue weighted by molar-refractivity contribution is -0.122. The quantitative estimate of drug-likeness (QED) is 0.899. The smallest absolute Gasteiger partial charge is 0.255 e. The average Bonchev–Trinajstić information content (AvgIpc) is 2.72. The summed E-state index contributed by atoms with van der Waals surface area (Å²) in [6.45, 7) is 3.83. The Bertz CT molecular complexity index is 869. The molecular weight excluding hydrogens is 338 g/mol. The van der Waals surface area contributed by atoms with Crippen LogP contribution in [0.5, 0.6) is 5.75 Å². The highest BCUT2D eigenvalue weighted by molar-refractivity contribution is 5.99. The van der Waals surface area contributed by atoms with E-state index in [9.17, 15) is 4.79 Å². The van der Waals surface area contributed by atoms with E-state index in [-0.39, 0.29) is 5.91 Å². The zero-order valence-corrected chi connectivity index (χ0v) is 15.4. The fourth-order valence-electron chi connectivity index (χ4n) is 3.40. The van der Waals surface area contributed by atoms with Gasteiger partial charge in [0, 0.05) is 44.2 Å². The molecule has 138 valence electrons. The molecule has 0 spiro atoms. The van der Waals surface area contributed by atoms with Crippen LogP contribution in [0, 0.1) is 0 Å². The maximum atomic E-state index is 13.0. The summed E-state index contributed by atoms with van der Waals surface area (Å²) < 4.78 is 5.22. The highest BCUT2D eigenvalue weighted by atomic mass is 16.5. The third-order valence-corrected chi connectivity index (χ3v) is 4.93. The van der Waals surface area contributed by atoms with E-state index in [0.29, 0.717) is 0 Å². The first-order chi connectivity index (χ1) is 13.2. The Morgan fingerprint density at radius 3 is 2.48 bits per heavy atom. The lowest BCUT2D eigenvalue weighted by Gasteiger charge is -2.33. The van der Waals surface area contributed by atoms with Crippen molar-refractivity contribution in [3.8, 4) is 5.75 Å².